The average Bonchev–Trinajstić information content (AvgIpc) is 2.34. The monoisotopic (exact) mass is 253 g/mol. The molecule has 0 aromatic rings. The molecule has 104 valence electrons. The van der Waals surface area contributed by atoms with Gasteiger partial charge >= 0.3 is 0 Å². The van der Waals surface area contributed by atoms with E-state index in [-0.39, 0.29) is 5.92 Å². The van der Waals surface area contributed by atoms with E-state index in [1.54, 1.807) is 0 Å². The predicted octanol–water partition coefficient (Wildman–Crippen LogP) is 2.43. The largest absolute Gasteiger partial charge is 0.386 e. The molecule has 1 amide bonds. The van der Waals surface area contributed by atoms with Crippen molar-refractivity contribution in [3.63, 3.8) is 0 Å². The molecule has 3 nitrogen and oxygen atoms in total. The van der Waals surface area contributed by atoms with Gasteiger partial charge in [0.15, 0.2) is 0 Å². The normalized spacial score (nSPS) is 32.8. The van der Waals surface area contributed by atoms with Crippen molar-refractivity contribution in [1.29, 1.82) is 0 Å². The van der Waals surface area contributed by atoms with Crippen LogP contribution >= 0.6 is 0 Å². The molecule has 0 aromatic carbocycles. The van der Waals surface area contributed by atoms with Crippen molar-refractivity contribution in [3.8, 4) is 0 Å². The molecule has 3 atom stereocenters. The molecule has 1 heterocycles. The van der Waals surface area contributed by atoms with Crippen molar-refractivity contribution in [3.05, 3.63) is 0 Å². The molecule has 18 heavy (non-hydrogen) atoms. The Balaban J connectivity index is 1.98. The van der Waals surface area contributed by atoms with Crippen LogP contribution in [0.15, 0.2) is 0 Å². The highest BCUT2D eigenvalue weighted by Gasteiger charge is 2.44. The van der Waals surface area contributed by atoms with Crippen LogP contribution in [0.2, 0.25) is 0 Å². The summed E-state index contributed by atoms with van der Waals surface area (Å²) < 4.78 is 0. The lowest BCUT2D eigenvalue weighted by Gasteiger charge is -2.47. The van der Waals surface area contributed by atoms with Crippen molar-refractivity contribution in [1.82, 2.24) is 4.90 Å². The van der Waals surface area contributed by atoms with Crippen LogP contribution in [0.25, 0.3) is 0 Å². The maximum atomic E-state index is 12.5. The number of hydrogen-bond donors (Lipinski definition) is 1. The molecule has 1 aliphatic heterocycles. The SMILES string of the molecule is CCC(C)C1CCCCC1C(=O)N1CC(C)(O)C1. The second-order valence-corrected chi connectivity index (χ2v) is 6.63. The van der Waals surface area contributed by atoms with E-state index in [1.165, 1.54) is 19.3 Å². The van der Waals surface area contributed by atoms with Gasteiger partial charge in [0.05, 0.1) is 18.7 Å². The lowest BCUT2D eigenvalue weighted by molar-refractivity contribution is -0.160. The van der Waals surface area contributed by atoms with Gasteiger partial charge in [0.25, 0.3) is 0 Å². The number of carbonyl (C=O) groups excluding carboxylic acids is 1. The van der Waals surface area contributed by atoms with Crippen molar-refractivity contribution in [2.24, 2.45) is 17.8 Å². The first-order valence-corrected chi connectivity index (χ1v) is 7.46. The van der Waals surface area contributed by atoms with Crippen LogP contribution in [0, 0.1) is 17.8 Å². The Morgan fingerprint density at radius 2 is 2.00 bits per heavy atom. The molecule has 1 N–H and O–H groups in total. The van der Waals surface area contributed by atoms with Crippen molar-refractivity contribution < 1.29 is 9.90 Å². The summed E-state index contributed by atoms with van der Waals surface area (Å²) in [6.07, 6.45) is 5.87. The second kappa shape index (κ2) is 5.20. The van der Waals surface area contributed by atoms with Crippen molar-refractivity contribution in [2.75, 3.05) is 13.1 Å². The van der Waals surface area contributed by atoms with Gasteiger partial charge in [0.2, 0.25) is 5.91 Å². The lowest BCUT2D eigenvalue weighted by atomic mass is 9.71. The van der Waals surface area contributed by atoms with Gasteiger partial charge < -0.3 is 10.0 Å². The van der Waals surface area contributed by atoms with Gasteiger partial charge in [-0.05, 0) is 31.6 Å². The molecule has 1 aliphatic carbocycles. The topological polar surface area (TPSA) is 40.5 Å². The van der Waals surface area contributed by atoms with Crippen LogP contribution in [0.5, 0.6) is 0 Å². The standard InChI is InChI=1S/C15H27NO2/c1-4-11(2)12-7-5-6-8-13(12)14(17)16-9-15(3,18)10-16/h11-13,18H,4-10H2,1-3H3. The molecule has 1 saturated carbocycles. The minimum absolute atomic E-state index is 0.213. The highest BCUT2D eigenvalue weighted by atomic mass is 16.3. The number of likely N-dealkylation sites (tertiary alicyclic amines) is 1. The second-order valence-electron chi connectivity index (χ2n) is 6.63. The first kappa shape index (κ1) is 13.9. The summed E-state index contributed by atoms with van der Waals surface area (Å²) in [5, 5.41) is 9.76. The minimum Gasteiger partial charge on any atom is -0.386 e. The Labute approximate surface area is 111 Å². The Kier molecular flexibility index (Phi) is 4.00. The quantitative estimate of drug-likeness (QED) is 0.839. The van der Waals surface area contributed by atoms with Crippen LogP contribution < -0.4 is 0 Å². The lowest BCUT2D eigenvalue weighted by Crippen LogP contribution is -2.63. The fraction of sp³-hybridized carbons (Fsp3) is 0.933. The van der Waals surface area contributed by atoms with Gasteiger partial charge in [-0.3, -0.25) is 4.79 Å². The third-order valence-corrected chi connectivity index (χ3v) is 4.89. The maximum Gasteiger partial charge on any atom is 0.226 e. The van der Waals surface area contributed by atoms with E-state index in [1.807, 2.05) is 11.8 Å². The van der Waals surface area contributed by atoms with E-state index in [4.69, 9.17) is 0 Å². The summed E-state index contributed by atoms with van der Waals surface area (Å²) in [7, 11) is 0. The molecule has 2 fully saturated rings. The van der Waals surface area contributed by atoms with E-state index >= 15 is 0 Å². The third kappa shape index (κ3) is 2.71. The molecule has 0 radical (unpaired) electrons. The number of amides is 1. The molecule has 2 rings (SSSR count). The number of aliphatic hydroxyl groups is 1. The van der Waals surface area contributed by atoms with Gasteiger partial charge in [-0.15, -0.1) is 0 Å². The van der Waals surface area contributed by atoms with E-state index in [0.717, 1.165) is 12.8 Å². The van der Waals surface area contributed by atoms with Crippen LogP contribution in [-0.2, 0) is 4.79 Å². The number of rotatable bonds is 3. The Bertz CT molecular complexity index is 306. The van der Waals surface area contributed by atoms with E-state index in [9.17, 15) is 9.90 Å². The van der Waals surface area contributed by atoms with E-state index in [2.05, 4.69) is 13.8 Å². The summed E-state index contributed by atoms with van der Waals surface area (Å²) >= 11 is 0. The highest BCUT2D eigenvalue weighted by Crippen LogP contribution is 2.38. The minimum atomic E-state index is -0.643. The number of carbonyl (C=O) groups is 1. The van der Waals surface area contributed by atoms with Gasteiger partial charge in [-0.2, -0.15) is 0 Å². The third-order valence-electron chi connectivity index (χ3n) is 4.89. The number of nitrogens with zero attached hydrogens (tertiary/aromatic N) is 1. The zero-order valence-electron chi connectivity index (χ0n) is 12.0. The van der Waals surface area contributed by atoms with Gasteiger partial charge in [0, 0.05) is 5.92 Å². The smallest absolute Gasteiger partial charge is 0.226 e. The van der Waals surface area contributed by atoms with E-state index in [0.29, 0.717) is 30.8 Å². The molecule has 0 spiro atoms. The van der Waals surface area contributed by atoms with Gasteiger partial charge in [-0.1, -0.05) is 33.1 Å². The fourth-order valence-electron chi connectivity index (χ4n) is 3.62. The van der Waals surface area contributed by atoms with Crippen LogP contribution in [0.3, 0.4) is 0 Å². The summed E-state index contributed by atoms with van der Waals surface area (Å²) in [5.74, 6) is 1.71. The van der Waals surface area contributed by atoms with Crippen molar-refractivity contribution in [2.45, 2.75) is 58.5 Å². The van der Waals surface area contributed by atoms with Gasteiger partial charge in [0.1, 0.15) is 0 Å². The Morgan fingerprint density at radius 1 is 1.39 bits per heavy atom. The zero-order valence-corrected chi connectivity index (χ0v) is 12.0. The van der Waals surface area contributed by atoms with Gasteiger partial charge in [-0.25, -0.2) is 0 Å². The molecule has 0 bridgehead atoms. The molecular weight excluding hydrogens is 226 g/mol. The summed E-state index contributed by atoms with van der Waals surface area (Å²) in [6.45, 7) is 7.35. The van der Waals surface area contributed by atoms with E-state index < -0.39 is 5.60 Å². The summed E-state index contributed by atoms with van der Waals surface area (Å²) in [6, 6.07) is 0. The van der Waals surface area contributed by atoms with Crippen LogP contribution in [-0.4, -0.2) is 34.6 Å². The average molecular weight is 253 g/mol. The number of β-amino-alcohol motifs (C(OH)–C–C–N with tert-alkyl or cyclic N) is 1. The van der Waals surface area contributed by atoms with Crippen molar-refractivity contribution >= 4 is 5.91 Å². The molecule has 3 heteroatoms. The molecule has 1 saturated heterocycles. The first-order valence-electron chi connectivity index (χ1n) is 7.46. The molecule has 2 aliphatic rings. The fourth-order valence-corrected chi connectivity index (χ4v) is 3.62. The Morgan fingerprint density at radius 3 is 2.56 bits per heavy atom. The molecular formula is C15H27NO2. The summed E-state index contributed by atoms with van der Waals surface area (Å²) in [5.41, 5.74) is -0.643. The van der Waals surface area contributed by atoms with Crippen LogP contribution in [0.4, 0.5) is 0 Å². The Hall–Kier alpha value is -0.570. The molecule has 3 unspecified atom stereocenters. The summed E-state index contributed by atoms with van der Waals surface area (Å²) in [4.78, 5) is 14.4. The maximum absolute atomic E-state index is 12.5. The number of hydrogen-bond acceptors (Lipinski definition) is 2. The molecule has 0 aromatic heterocycles. The zero-order chi connectivity index (χ0) is 13.3. The predicted molar refractivity (Wildman–Crippen MR) is 72.1 cm³/mol. The van der Waals surface area contributed by atoms with Crippen LogP contribution in [0.1, 0.15) is 52.9 Å². The first-order chi connectivity index (χ1) is 8.44. The highest BCUT2D eigenvalue weighted by molar-refractivity contribution is 5.80.